The Labute approximate surface area is 100 Å². The normalized spacial score (nSPS) is 11.1. The van der Waals surface area contributed by atoms with Crippen LogP contribution in [0.25, 0.3) is 22.3 Å². The molecule has 5 heteroatoms. The number of fused-ring (bicyclic) bond motifs is 2. The summed E-state index contributed by atoms with van der Waals surface area (Å²) >= 11 is 0. The van der Waals surface area contributed by atoms with E-state index in [4.69, 9.17) is 4.42 Å². The Bertz CT molecular complexity index is 787. The molecule has 1 aromatic rings. The number of rotatable bonds is 0. The van der Waals surface area contributed by atoms with Crippen molar-refractivity contribution >= 4 is 11.0 Å². The monoisotopic (exact) mass is 244 g/mol. The Morgan fingerprint density at radius 1 is 0.944 bits per heavy atom. The molecule has 0 bridgehead atoms. The molecule has 0 fully saturated rings. The van der Waals surface area contributed by atoms with E-state index in [0.717, 1.165) is 0 Å². The molecule has 0 amide bonds. The van der Waals surface area contributed by atoms with E-state index in [1.54, 1.807) is 24.3 Å². The number of phenolic OH excluding ortho intramolecular Hbond substituents is 3. The summed E-state index contributed by atoms with van der Waals surface area (Å²) in [5.74, 6) is -2.34. The lowest BCUT2D eigenvalue weighted by atomic mass is 10.1. The fourth-order valence-corrected chi connectivity index (χ4v) is 1.88. The van der Waals surface area contributed by atoms with Crippen molar-refractivity contribution in [3.05, 3.63) is 40.6 Å². The van der Waals surface area contributed by atoms with E-state index in [0.29, 0.717) is 11.0 Å². The Balaban J connectivity index is 2.58. The number of aromatic hydroxyl groups is 3. The maximum absolute atomic E-state index is 11.4. The van der Waals surface area contributed by atoms with E-state index in [1.165, 1.54) is 6.07 Å². The zero-order valence-corrected chi connectivity index (χ0v) is 9.04. The quantitative estimate of drug-likeness (QED) is 0.319. The summed E-state index contributed by atoms with van der Waals surface area (Å²) in [5.41, 5.74) is -0.507. The minimum absolute atomic E-state index is 0.0864. The fourth-order valence-electron chi connectivity index (χ4n) is 1.88. The van der Waals surface area contributed by atoms with E-state index in [-0.39, 0.29) is 11.3 Å². The average molecular weight is 244 g/mol. The second-order valence-corrected chi connectivity index (χ2v) is 3.90. The molecular weight excluding hydrogens is 236 g/mol. The van der Waals surface area contributed by atoms with Crippen LogP contribution in [0.5, 0.6) is 17.2 Å². The molecule has 1 aromatic carbocycles. The molecule has 1 aliphatic heterocycles. The second kappa shape index (κ2) is 3.40. The third kappa shape index (κ3) is 1.24. The van der Waals surface area contributed by atoms with Gasteiger partial charge in [-0.2, -0.15) is 0 Å². The number of phenols is 3. The van der Waals surface area contributed by atoms with Crippen molar-refractivity contribution in [2.45, 2.75) is 0 Å². The topological polar surface area (TPSA) is 90.9 Å². The lowest BCUT2D eigenvalue weighted by Crippen LogP contribution is -2.03. The maximum Gasteiger partial charge on any atom is 0.269 e. The number of hydrogen-bond acceptors (Lipinski definition) is 5. The largest absolute Gasteiger partial charge is 0.504 e. The summed E-state index contributed by atoms with van der Waals surface area (Å²) in [6, 6.07) is 8.47. The molecule has 1 aliphatic carbocycles. The molecule has 0 saturated heterocycles. The van der Waals surface area contributed by atoms with Crippen molar-refractivity contribution in [1.82, 2.24) is 0 Å². The third-order valence-electron chi connectivity index (χ3n) is 2.80. The van der Waals surface area contributed by atoms with Crippen LogP contribution in [0, 0.1) is 0 Å². The molecular formula is C13H8O5. The Morgan fingerprint density at radius 3 is 2.44 bits per heavy atom. The van der Waals surface area contributed by atoms with Crippen LogP contribution < -0.4 is 5.43 Å². The predicted octanol–water partition coefficient (Wildman–Crippen LogP) is 2.01. The smallest absolute Gasteiger partial charge is 0.269 e. The molecule has 1 heterocycles. The summed E-state index contributed by atoms with van der Waals surface area (Å²) in [6.07, 6.45) is 0. The Kier molecular flexibility index (Phi) is 1.98. The van der Waals surface area contributed by atoms with Crippen LogP contribution in [0.3, 0.4) is 0 Å². The van der Waals surface area contributed by atoms with Gasteiger partial charge in [-0.05, 0) is 12.1 Å². The van der Waals surface area contributed by atoms with Crippen molar-refractivity contribution in [1.29, 1.82) is 0 Å². The van der Waals surface area contributed by atoms with Crippen molar-refractivity contribution in [3.63, 3.8) is 0 Å². The first-order chi connectivity index (χ1) is 8.59. The molecule has 2 aliphatic rings. The number of benzene rings is 2. The summed E-state index contributed by atoms with van der Waals surface area (Å²) in [7, 11) is 0. The predicted molar refractivity (Wildman–Crippen MR) is 64.1 cm³/mol. The van der Waals surface area contributed by atoms with Crippen LogP contribution in [0.4, 0.5) is 0 Å². The van der Waals surface area contributed by atoms with Crippen LogP contribution in [-0.2, 0) is 0 Å². The fraction of sp³-hybridized carbons (Fsp3) is 0. The lowest BCUT2D eigenvalue weighted by molar-refractivity contribution is 0.386. The summed E-state index contributed by atoms with van der Waals surface area (Å²) in [4.78, 5) is 11.4. The molecule has 18 heavy (non-hydrogen) atoms. The average Bonchev–Trinajstić information content (AvgIpc) is 2.41. The molecule has 0 unspecified atom stereocenters. The van der Waals surface area contributed by atoms with Crippen LogP contribution in [0.1, 0.15) is 0 Å². The molecule has 0 radical (unpaired) electrons. The molecule has 5 nitrogen and oxygen atoms in total. The van der Waals surface area contributed by atoms with Gasteiger partial charge in [0.15, 0.2) is 11.5 Å². The van der Waals surface area contributed by atoms with Gasteiger partial charge < -0.3 is 19.7 Å². The molecule has 90 valence electrons. The minimum Gasteiger partial charge on any atom is -0.504 e. The van der Waals surface area contributed by atoms with E-state index < -0.39 is 22.7 Å². The first-order valence-corrected chi connectivity index (χ1v) is 5.19. The number of para-hydroxylation sites is 1. The zero-order chi connectivity index (χ0) is 12.9. The van der Waals surface area contributed by atoms with Crippen molar-refractivity contribution in [2.75, 3.05) is 0 Å². The third-order valence-corrected chi connectivity index (χ3v) is 2.80. The van der Waals surface area contributed by atoms with E-state index in [2.05, 4.69) is 0 Å². The van der Waals surface area contributed by atoms with Gasteiger partial charge in [-0.3, -0.25) is 4.79 Å². The van der Waals surface area contributed by atoms with E-state index >= 15 is 0 Å². The van der Waals surface area contributed by atoms with Gasteiger partial charge in [-0.25, -0.2) is 0 Å². The van der Waals surface area contributed by atoms with Crippen LogP contribution in [0.15, 0.2) is 39.5 Å². The van der Waals surface area contributed by atoms with Gasteiger partial charge in [-0.15, -0.1) is 0 Å². The van der Waals surface area contributed by atoms with Gasteiger partial charge in [0.25, 0.3) is 5.43 Å². The van der Waals surface area contributed by atoms with E-state index in [1.807, 2.05) is 0 Å². The highest BCUT2D eigenvalue weighted by Gasteiger charge is 2.24. The molecule has 3 rings (SSSR count). The molecule has 0 aromatic heterocycles. The van der Waals surface area contributed by atoms with Gasteiger partial charge in [0.1, 0.15) is 5.58 Å². The van der Waals surface area contributed by atoms with Gasteiger partial charge >= 0.3 is 0 Å². The van der Waals surface area contributed by atoms with Crippen molar-refractivity contribution in [2.24, 2.45) is 0 Å². The highest BCUT2D eigenvalue weighted by Crippen LogP contribution is 2.42. The Hall–Kier alpha value is -2.69. The van der Waals surface area contributed by atoms with Gasteiger partial charge in [0.05, 0.1) is 5.56 Å². The van der Waals surface area contributed by atoms with Crippen LogP contribution in [-0.4, -0.2) is 15.3 Å². The van der Waals surface area contributed by atoms with Gasteiger partial charge in [-0.1, -0.05) is 18.2 Å². The summed E-state index contributed by atoms with van der Waals surface area (Å²) in [6.45, 7) is 0. The first kappa shape index (κ1) is 10.5. The van der Waals surface area contributed by atoms with Crippen molar-refractivity contribution < 1.29 is 19.7 Å². The molecule has 0 spiro atoms. The first-order valence-electron chi connectivity index (χ1n) is 5.19. The SMILES string of the molecule is O=c1c(O)c2oc3ccccc3cc-2c(O)c1O. The highest BCUT2D eigenvalue weighted by molar-refractivity contribution is 5.87. The van der Waals surface area contributed by atoms with Crippen molar-refractivity contribution in [3.8, 4) is 28.6 Å². The standard InChI is InChI=1S/C13H8O5/c14-9-7-5-6-3-1-2-4-8(6)18-13(7)12(17)11(16)10(9)15/h1-5,14-15,17H. The summed E-state index contributed by atoms with van der Waals surface area (Å²) in [5, 5.41) is 29.4. The molecule has 0 saturated carbocycles. The van der Waals surface area contributed by atoms with Gasteiger partial charge in [0.2, 0.25) is 11.5 Å². The van der Waals surface area contributed by atoms with Crippen LogP contribution >= 0.6 is 0 Å². The molecule has 0 atom stereocenters. The van der Waals surface area contributed by atoms with E-state index in [9.17, 15) is 20.1 Å². The maximum atomic E-state index is 11.4. The highest BCUT2D eigenvalue weighted by atomic mass is 16.4. The lowest BCUT2D eigenvalue weighted by Gasteiger charge is -2.10. The minimum atomic E-state index is -1.06. The second-order valence-electron chi connectivity index (χ2n) is 3.90. The zero-order valence-electron chi connectivity index (χ0n) is 9.04. The Morgan fingerprint density at radius 2 is 1.67 bits per heavy atom. The van der Waals surface area contributed by atoms with Gasteiger partial charge in [0, 0.05) is 5.39 Å². The van der Waals surface area contributed by atoms with Crippen LogP contribution in [0.2, 0.25) is 0 Å². The molecule has 3 N–H and O–H groups in total. The number of hydrogen-bond donors (Lipinski definition) is 3. The summed E-state index contributed by atoms with van der Waals surface area (Å²) < 4.78 is 5.37.